The van der Waals surface area contributed by atoms with Gasteiger partial charge in [-0.25, -0.2) is 0 Å². The number of likely N-dealkylation sites (tertiary alicyclic amines) is 1. The molecule has 1 aliphatic rings. The maximum atomic E-state index is 13.0. The van der Waals surface area contributed by atoms with Gasteiger partial charge < -0.3 is 14.8 Å². The lowest BCUT2D eigenvalue weighted by Crippen LogP contribution is -2.32. The molecule has 1 saturated heterocycles. The molecule has 1 aromatic heterocycles. The van der Waals surface area contributed by atoms with E-state index >= 15 is 0 Å². The van der Waals surface area contributed by atoms with Crippen molar-refractivity contribution in [1.29, 1.82) is 0 Å². The van der Waals surface area contributed by atoms with E-state index in [1.807, 2.05) is 30.3 Å². The number of carbonyl (C=O) groups excluding carboxylic acids is 2. The first-order valence-electron chi connectivity index (χ1n) is 10.6. The molecular weight excluding hydrogens is 378 g/mol. The number of fused-ring (bicyclic) bond motifs is 3. The summed E-state index contributed by atoms with van der Waals surface area (Å²) < 4.78 is 1.52. The summed E-state index contributed by atoms with van der Waals surface area (Å²) in [4.78, 5) is 39.5. The molecule has 0 atom stereocenters. The first kappa shape index (κ1) is 20.3. The van der Waals surface area contributed by atoms with Crippen LogP contribution in [-0.2, 0) is 16.1 Å². The van der Waals surface area contributed by atoms with Gasteiger partial charge in [-0.15, -0.1) is 0 Å². The van der Waals surface area contributed by atoms with E-state index in [1.54, 1.807) is 12.1 Å². The highest BCUT2D eigenvalue weighted by atomic mass is 16.2. The van der Waals surface area contributed by atoms with E-state index in [0.29, 0.717) is 17.5 Å². The van der Waals surface area contributed by atoms with Gasteiger partial charge in [-0.1, -0.05) is 24.6 Å². The van der Waals surface area contributed by atoms with Crippen molar-refractivity contribution in [3.8, 4) is 0 Å². The van der Waals surface area contributed by atoms with Gasteiger partial charge in [-0.05, 0) is 62.5 Å². The lowest BCUT2D eigenvalue weighted by atomic mass is 10.0. The summed E-state index contributed by atoms with van der Waals surface area (Å²) in [6, 6.07) is 12.9. The topological polar surface area (TPSA) is 71.4 Å². The number of anilines is 1. The van der Waals surface area contributed by atoms with Crippen molar-refractivity contribution in [2.45, 2.75) is 39.2 Å². The Morgan fingerprint density at radius 3 is 2.50 bits per heavy atom. The molecule has 0 unspecified atom stereocenters. The van der Waals surface area contributed by atoms with Crippen molar-refractivity contribution < 1.29 is 9.59 Å². The first-order valence-corrected chi connectivity index (χ1v) is 10.6. The van der Waals surface area contributed by atoms with E-state index in [4.69, 9.17) is 0 Å². The number of nitrogens with one attached hydrogen (secondary N) is 1. The molecule has 0 bridgehead atoms. The molecule has 3 aromatic rings. The fourth-order valence-corrected chi connectivity index (χ4v) is 4.27. The number of carbonyl (C=O) groups is 2. The van der Waals surface area contributed by atoms with Crippen molar-refractivity contribution in [2.75, 3.05) is 25.0 Å². The minimum atomic E-state index is -0.193. The predicted molar refractivity (Wildman–Crippen MR) is 120 cm³/mol. The fraction of sp³-hybridized carbons (Fsp3) is 0.375. The van der Waals surface area contributed by atoms with E-state index in [0.717, 1.165) is 35.9 Å². The largest absolute Gasteiger partial charge is 0.326 e. The number of hydrogen-bond donors (Lipinski definition) is 1. The smallest absolute Gasteiger partial charge is 0.259 e. The second-order valence-electron chi connectivity index (χ2n) is 8.07. The van der Waals surface area contributed by atoms with Crippen LogP contribution >= 0.6 is 0 Å². The van der Waals surface area contributed by atoms with Crippen molar-refractivity contribution >= 4 is 39.1 Å². The van der Waals surface area contributed by atoms with Crippen LogP contribution in [-0.4, -0.2) is 40.8 Å². The van der Waals surface area contributed by atoms with Crippen LogP contribution in [0.15, 0.2) is 47.3 Å². The Bertz CT molecular complexity index is 1160. The van der Waals surface area contributed by atoms with Crippen LogP contribution in [0, 0.1) is 0 Å². The molecule has 0 saturated carbocycles. The Labute approximate surface area is 175 Å². The number of Topliss-reactive ketones (excluding diaryl/α,β-unsaturated/α-hetero) is 1. The Morgan fingerprint density at radius 1 is 0.967 bits per heavy atom. The summed E-state index contributed by atoms with van der Waals surface area (Å²) in [5, 5.41) is 5.19. The number of para-hydroxylation sites is 1. The van der Waals surface area contributed by atoms with Crippen molar-refractivity contribution in [1.82, 2.24) is 9.47 Å². The van der Waals surface area contributed by atoms with E-state index in [1.165, 1.54) is 30.8 Å². The van der Waals surface area contributed by atoms with Gasteiger partial charge in [-0.2, -0.15) is 0 Å². The highest BCUT2D eigenvalue weighted by Gasteiger charge is 2.14. The van der Waals surface area contributed by atoms with Gasteiger partial charge in [0.15, 0.2) is 0 Å². The summed E-state index contributed by atoms with van der Waals surface area (Å²) in [5.74, 6) is -0.0895. The van der Waals surface area contributed by atoms with E-state index in [2.05, 4.69) is 10.2 Å². The number of aromatic nitrogens is 1. The Morgan fingerprint density at radius 2 is 1.73 bits per heavy atom. The predicted octanol–water partition coefficient (Wildman–Crippen LogP) is 3.56. The van der Waals surface area contributed by atoms with Crippen molar-refractivity contribution in [3.63, 3.8) is 0 Å². The number of nitrogens with zero attached hydrogens (tertiary/aromatic N) is 2. The average molecular weight is 405 g/mol. The number of piperidine rings is 1. The van der Waals surface area contributed by atoms with Gasteiger partial charge in [0.25, 0.3) is 5.56 Å². The van der Waals surface area contributed by atoms with E-state index in [9.17, 15) is 14.4 Å². The Kier molecular flexibility index (Phi) is 5.95. The molecule has 4 rings (SSSR count). The van der Waals surface area contributed by atoms with Crippen LogP contribution in [0.25, 0.3) is 21.7 Å². The van der Waals surface area contributed by atoms with Crippen LogP contribution in [0.3, 0.4) is 0 Å². The fourth-order valence-electron chi connectivity index (χ4n) is 4.27. The number of amides is 1. The SMILES string of the molecule is CC(=O)Cn1c(=O)c2ccc(NC(=O)CCN3CCCCC3)cc2c2ccccc21. The van der Waals surface area contributed by atoms with Crippen LogP contribution in [0.4, 0.5) is 5.69 Å². The second-order valence-corrected chi connectivity index (χ2v) is 8.07. The zero-order chi connectivity index (χ0) is 21.1. The zero-order valence-electron chi connectivity index (χ0n) is 17.3. The minimum absolute atomic E-state index is 0.0193. The Hall–Kier alpha value is -2.99. The molecule has 156 valence electrons. The third-order valence-corrected chi connectivity index (χ3v) is 5.75. The molecule has 0 spiro atoms. The van der Waals surface area contributed by atoms with Crippen LogP contribution in [0.5, 0.6) is 0 Å². The van der Waals surface area contributed by atoms with Gasteiger partial charge in [-0.3, -0.25) is 14.4 Å². The summed E-state index contributed by atoms with van der Waals surface area (Å²) in [5.41, 5.74) is 1.21. The summed E-state index contributed by atoms with van der Waals surface area (Å²) in [6.07, 6.45) is 4.15. The number of pyridine rings is 1. The standard InChI is InChI=1S/C24H27N3O3/c1-17(28)16-27-22-8-4-3-7-19(22)21-15-18(9-10-20(21)24(27)30)25-23(29)11-14-26-12-5-2-6-13-26/h3-4,7-10,15H,2,5-6,11-14,16H2,1H3,(H,25,29). The van der Waals surface area contributed by atoms with Gasteiger partial charge >= 0.3 is 0 Å². The average Bonchev–Trinajstić information content (AvgIpc) is 2.76. The number of rotatable bonds is 6. The molecular formula is C24H27N3O3. The molecule has 1 fully saturated rings. The quantitative estimate of drug-likeness (QED) is 0.637. The summed E-state index contributed by atoms with van der Waals surface area (Å²) >= 11 is 0. The molecule has 0 radical (unpaired) electrons. The number of hydrogen-bond acceptors (Lipinski definition) is 4. The Balaban J connectivity index is 1.62. The van der Waals surface area contributed by atoms with Crippen molar-refractivity contribution in [2.24, 2.45) is 0 Å². The normalized spacial score (nSPS) is 14.8. The summed E-state index contributed by atoms with van der Waals surface area (Å²) in [6.45, 7) is 4.44. The lowest BCUT2D eigenvalue weighted by Gasteiger charge is -2.25. The number of ketones is 1. The van der Waals surface area contributed by atoms with Gasteiger partial charge in [0.1, 0.15) is 5.78 Å². The molecule has 6 nitrogen and oxygen atoms in total. The minimum Gasteiger partial charge on any atom is -0.326 e. The highest BCUT2D eigenvalue weighted by molar-refractivity contribution is 6.07. The molecule has 0 aliphatic carbocycles. The monoisotopic (exact) mass is 405 g/mol. The first-order chi connectivity index (χ1) is 14.5. The highest BCUT2D eigenvalue weighted by Crippen LogP contribution is 2.26. The van der Waals surface area contributed by atoms with E-state index < -0.39 is 0 Å². The van der Waals surface area contributed by atoms with Crippen LogP contribution in [0.1, 0.15) is 32.6 Å². The van der Waals surface area contributed by atoms with Crippen LogP contribution in [0.2, 0.25) is 0 Å². The summed E-state index contributed by atoms with van der Waals surface area (Å²) in [7, 11) is 0. The van der Waals surface area contributed by atoms with Gasteiger partial charge in [0, 0.05) is 29.4 Å². The maximum Gasteiger partial charge on any atom is 0.259 e. The van der Waals surface area contributed by atoms with E-state index in [-0.39, 0.29) is 23.8 Å². The molecule has 1 amide bonds. The molecule has 6 heteroatoms. The molecule has 30 heavy (non-hydrogen) atoms. The molecule has 2 heterocycles. The second kappa shape index (κ2) is 8.79. The zero-order valence-corrected chi connectivity index (χ0v) is 17.3. The van der Waals surface area contributed by atoms with Crippen LogP contribution < -0.4 is 10.9 Å². The lowest BCUT2D eigenvalue weighted by molar-refractivity contribution is -0.118. The molecule has 1 N–H and O–H groups in total. The third kappa shape index (κ3) is 4.28. The third-order valence-electron chi connectivity index (χ3n) is 5.75. The van der Waals surface area contributed by atoms with Gasteiger partial charge in [0.05, 0.1) is 12.1 Å². The maximum absolute atomic E-state index is 13.0. The molecule has 2 aromatic carbocycles. The molecule has 1 aliphatic heterocycles. The van der Waals surface area contributed by atoms with Gasteiger partial charge in [0.2, 0.25) is 5.91 Å². The van der Waals surface area contributed by atoms with Crippen molar-refractivity contribution in [3.05, 3.63) is 52.8 Å². The number of benzene rings is 2.